The molecule has 0 aliphatic heterocycles. The van der Waals surface area contributed by atoms with Crippen molar-refractivity contribution in [1.29, 1.82) is 0 Å². The predicted molar refractivity (Wildman–Crippen MR) is 108 cm³/mol. The molecule has 1 N–H and O–H groups in total. The third kappa shape index (κ3) is 5.37. The fourth-order valence-corrected chi connectivity index (χ4v) is 3.49. The molecule has 0 bridgehead atoms. The number of hydrogen-bond donors (Lipinski definition) is 1. The quantitative estimate of drug-likeness (QED) is 0.605. The van der Waals surface area contributed by atoms with E-state index >= 15 is 0 Å². The number of nitrogens with zero attached hydrogens (tertiary/aromatic N) is 2. The number of aryl methyl sites for hydroxylation is 1. The number of amides is 1. The molecule has 27 heavy (non-hydrogen) atoms. The highest BCUT2D eigenvalue weighted by molar-refractivity contribution is 7.98. The first-order valence-electron chi connectivity index (χ1n) is 8.76. The lowest BCUT2D eigenvalue weighted by molar-refractivity contribution is 0.0954. The fraction of sp³-hybridized carbons (Fsp3) is 0.238. The number of imidazole rings is 1. The van der Waals surface area contributed by atoms with Crippen LogP contribution in [-0.2, 0) is 19.2 Å². The largest absolute Gasteiger partial charge is 0.497 e. The maximum absolute atomic E-state index is 12.3. The smallest absolute Gasteiger partial charge is 0.251 e. The first-order valence-corrected chi connectivity index (χ1v) is 9.74. The molecule has 0 spiro atoms. The summed E-state index contributed by atoms with van der Waals surface area (Å²) in [5.41, 5.74) is 3.01. The van der Waals surface area contributed by atoms with Crippen molar-refractivity contribution in [3.8, 4) is 5.75 Å². The van der Waals surface area contributed by atoms with Gasteiger partial charge in [0.15, 0.2) is 5.16 Å². The van der Waals surface area contributed by atoms with Crippen molar-refractivity contribution in [3.05, 3.63) is 77.6 Å². The van der Waals surface area contributed by atoms with Crippen molar-refractivity contribution in [1.82, 2.24) is 14.9 Å². The van der Waals surface area contributed by atoms with Gasteiger partial charge in [-0.25, -0.2) is 4.98 Å². The van der Waals surface area contributed by atoms with Gasteiger partial charge in [-0.1, -0.05) is 36.0 Å². The summed E-state index contributed by atoms with van der Waals surface area (Å²) >= 11 is 1.68. The highest BCUT2D eigenvalue weighted by Gasteiger charge is 2.06. The molecule has 1 amide bonds. The number of benzene rings is 2. The highest BCUT2D eigenvalue weighted by atomic mass is 32.2. The minimum absolute atomic E-state index is 0.0492. The Bertz CT molecular complexity index is 873. The van der Waals surface area contributed by atoms with Crippen LogP contribution >= 0.6 is 11.8 Å². The van der Waals surface area contributed by atoms with E-state index in [1.807, 2.05) is 66.3 Å². The van der Waals surface area contributed by atoms with Gasteiger partial charge in [-0.05, 0) is 41.8 Å². The van der Waals surface area contributed by atoms with Crippen LogP contribution in [0.3, 0.4) is 0 Å². The zero-order chi connectivity index (χ0) is 19.1. The van der Waals surface area contributed by atoms with Crippen LogP contribution in [0.15, 0.2) is 66.1 Å². The Balaban J connectivity index is 1.46. The SMILES string of the molecule is COc1ccc(CCNC(=O)c2ccc(CSc3nccn3C)cc2)cc1. The molecule has 0 unspecified atom stereocenters. The van der Waals surface area contributed by atoms with E-state index in [0.29, 0.717) is 12.1 Å². The average molecular weight is 382 g/mol. The van der Waals surface area contributed by atoms with E-state index in [0.717, 1.165) is 34.2 Å². The van der Waals surface area contributed by atoms with Gasteiger partial charge in [0.2, 0.25) is 0 Å². The number of ether oxygens (including phenoxy) is 1. The van der Waals surface area contributed by atoms with Gasteiger partial charge in [-0.3, -0.25) is 4.79 Å². The summed E-state index contributed by atoms with van der Waals surface area (Å²) in [5.74, 6) is 1.61. The second-order valence-corrected chi connectivity index (χ2v) is 7.10. The molecule has 0 aliphatic carbocycles. The van der Waals surface area contributed by atoms with Crippen LogP contribution in [-0.4, -0.2) is 29.1 Å². The second-order valence-electron chi connectivity index (χ2n) is 6.16. The lowest BCUT2D eigenvalue weighted by atomic mass is 10.1. The van der Waals surface area contributed by atoms with Crippen molar-refractivity contribution in [2.75, 3.05) is 13.7 Å². The van der Waals surface area contributed by atoms with Crippen LogP contribution < -0.4 is 10.1 Å². The Kier molecular flexibility index (Phi) is 6.54. The van der Waals surface area contributed by atoms with Gasteiger partial charge in [0.25, 0.3) is 5.91 Å². The summed E-state index contributed by atoms with van der Waals surface area (Å²) in [4.78, 5) is 16.6. The van der Waals surface area contributed by atoms with E-state index < -0.39 is 0 Å². The van der Waals surface area contributed by atoms with Crippen LogP contribution in [0.25, 0.3) is 0 Å². The maximum Gasteiger partial charge on any atom is 0.251 e. The van der Waals surface area contributed by atoms with Gasteiger partial charge in [0, 0.05) is 37.3 Å². The van der Waals surface area contributed by atoms with Crippen molar-refractivity contribution in [2.24, 2.45) is 7.05 Å². The zero-order valence-electron chi connectivity index (χ0n) is 15.5. The molecular formula is C21H23N3O2S. The predicted octanol–water partition coefficient (Wildman–Crippen LogP) is 3.69. The number of hydrogen-bond acceptors (Lipinski definition) is 4. The topological polar surface area (TPSA) is 56.1 Å². The Morgan fingerprint density at radius 2 is 1.81 bits per heavy atom. The minimum Gasteiger partial charge on any atom is -0.497 e. The molecule has 0 atom stereocenters. The lowest BCUT2D eigenvalue weighted by Gasteiger charge is -2.07. The van der Waals surface area contributed by atoms with E-state index in [-0.39, 0.29) is 5.91 Å². The van der Waals surface area contributed by atoms with Crippen LogP contribution in [0, 0.1) is 0 Å². The molecule has 1 aromatic heterocycles. The number of nitrogens with one attached hydrogen (secondary N) is 1. The molecule has 0 radical (unpaired) electrons. The van der Waals surface area contributed by atoms with Crippen LogP contribution in [0.5, 0.6) is 5.75 Å². The van der Waals surface area contributed by atoms with Crippen molar-refractivity contribution >= 4 is 17.7 Å². The summed E-state index contributed by atoms with van der Waals surface area (Å²) in [6, 6.07) is 15.6. The van der Waals surface area contributed by atoms with Gasteiger partial charge in [0.1, 0.15) is 5.75 Å². The fourth-order valence-electron chi connectivity index (χ4n) is 2.61. The lowest BCUT2D eigenvalue weighted by Crippen LogP contribution is -2.25. The van der Waals surface area contributed by atoms with Gasteiger partial charge in [0.05, 0.1) is 7.11 Å². The van der Waals surface area contributed by atoms with Gasteiger partial charge in [-0.2, -0.15) is 0 Å². The number of aromatic nitrogens is 2. The molecule has 6 heteroatoms. The van der Waals surface area contributed by atoms with Crippen LogP contribution in [0.4, 0.5) is 0 Å². The van der Waals surface area contributed by atoms with Gasteiger partial charge >= 0.3 is 0 Å². The van der Waals surface area contributed by atoms with E-state index in [1.54, 1.807) is 25.1 Å². The third-order valence-electron chi connectivity index (χ3n) is 4.22. The molecular weight excluding hydrogens is 358 g/mol. The number of carbonyl (C=O) groups is 1. The first-order chi connectivity index (χ1) is 13.2. The molecule has 5 nitrogen and oxygen atoms in total. The van der Waals surface area contributed by atoms with Crippen LogP contribution in [0.2, 0.25) is 0 Å². The highest BCUT2D eigenvalue weighted by Crippen LogP contribution is 2.20. The molecule has 0 saturated heterocycles. The summed E-state index contributed by atoms with van der Waals surface area (Å²) < 4.78 is 7.14. The maximum atomic E-state index is 12.3. The summed E-state index contributed by atoms with van der Waals surface area (Å²) in [6.45, 7) is 0.599. The van der Waals surface area contributed by atoms with Crippen molar-refractivity contribution < 1.29 is 9.53 Å². The standard InChI is InChI=1S/C21H23N3O2S/c1-24-14-13-23-21(24)27-15-17-3-7-18(8-4-17)20(25)22-12-11-16-5-9-19(26-2)10-6-16/h3-10,13-14H,11-12,15H2,1-2H3,(H,22,25). The number of thioether (sulfide) groups is 1. The molecule has 0 saturated carbocycles. The normalized spacial score (nSPS) is 10.6. The van der Waals surface area contributed by atoms with Crippen molar-refractivity contribution in [2.45, 2.75) is 17.3 Å². The van der Waals surface area contributed by atoms with Gasteiger partial charge < -0.3 is 14.6 Å². The van der Waals surface area contributed by atoms with Crippen LogP contribution in [0.1, 0.15) is 21.5 Å². The third-order valence-corrected chi connectivity index (χ3v) is 5.35. The van der Waals surface area contributed by atoms with E-state index in [4.69, 9.17) is 4.74 Å². The molecule has 3 rings (SSSR count). The summed E-state index contributed by atoms with van der Waals surface area (Å²) in [7, 11) is 3.63. The number of rotatable bonds is 8. The number of methoxy groups -OCH3 is 1. The molecule has 2 aromatic carbocycles. The van der Waals surface area contributed by atoms with E-state index in [2.05, 4.69) is 10.3 Å². The van der Waals surface area contributed by atoms with Crippen molar-refractivity contribution in [3.63, 3.8) is 0 Å². The second kappa shape index (κ2) is 9.28. The Labute approximate surface area is 163 Å². The Morgan fingerprint density at radius 3 is 2.44 bits per heavy atom. The average Bonchev–Trinajstić information content (AvgIpc) is 3.12. The molecule has 0 fully saturated rings. The monoisotopic (exact) mass is 381 g/mol. The summed E-state index contributed by atoms with van der Waals surface area (Å²) in [5, 5.41) is 3.95. The summed E-state index contributed by atoms with van der Waals surface area (Å²) in [6.07, 6.45) is 4.51. The Hall–Kier alpha value is -2.73. The molecule has 1 heterocycles. The van der Waals surface area contributed by atoms with E-state index in [9.17, 15) is 4.79 Å². The molecule has 140 valence electrons. The minimum atomic E-state index is -0.0492. The molecule has 0 aliphatic rings. The first kappa shape index (κ1) is 19.0. The zero-order valence-corrected chi connectivity index (χ0v) is 16.3. The van der Waals surface area contributed by atoms with Gasteiger partial charge in [-0.15, -0.1) is 0 Å². The number of carbonyl (C=O) groups excluding carboxylic acids is 1. The van der Waals surface area contributed by atoms with E-state index in [1.165, 1.54) is 0 Å². The Morgan fingerprint density at radius 1 is 1.11 bits per heavy atom. The molecule has 3 aromatic rings.